The number of ether oxygens (including phenoxy) is 1. The van der Waals surface area contributed by atoms with E-state index >= 15 is 0 Å². The van der Waals surface area contributed by atoms with E-state index in [0.717, 1.165) is 4.88 Å². The number of nitrogen functional groups attached to an aromatic ring is 1. The number of thiophene rings is 1. The van der Waals surface area contributed by atoms with Crippen LogP contribution in [0.5, 0.6) is 5.75 Å². The monoisotopic (exact) mass is 307 g/mol. The normalized spacial score (nSPS) is 10.2. The molecule has 2 rings (SSSR count). The van der Waals surface area contributed by atoms with E-state index in [1.54, 1.807) is 37.3 Å². The number of benzene rings is 1. The molecule has 21 heavy (non-hydrogen) atoms. The number of carbonyl (C=O) groups is 1. The van der Waals surface area contributed by atoms with Gasteiger partial charge in [-0.15, -0.1) is 11.3 Å². The van der Waals surface area contributed by atoms with Crippen LogP contribution in [-0.2, 0) is 6.61 Å². The number of nitrogens with zero attached hydrogens (tertiary/aromatic N) is 1. The molecule has 0 radical (unpaired) electrons. The molecule has 0 saturated carbocycles. The molecule has 0 atom stereocenters. The summed E-state index contributed by atoms with van der Waals surface area (Å²) in [5.41, 5.74) is 2.53. The van der Waals surface area contributed by atoms with E-state index in [9.17, 15) is 14.9 Å². The standard InChI is InChI=1S/C13H13N3O4S/c1-8-3-2-4-10(12(8)16(18)19)20-7-9-5-6-11(21-9)13(17)15-14/h2-6H,7,14H2,1H3,(H,15,17). The van der Waals surface area contributed by atoms with Crippen LogP contribution in [0.15, 0.2) is 30.3 Å². The lowest BCUT2D eigenvalue weighted by atomic mass is 10.2. The van der Waals surface area contributed by atoms with E-state index in [2.05, 4.69) is 0 Å². The molecule has 2 aromatic rings. The molecule has 1 heterocycles. The Morgan fingerprint density at radius 2 is 2.19 bits per heavy atom. The minimum absolute atomic E-state index is 0.0472. The van der Waals surface area contributed by atoms with Gasteiger partial charge in [0.25, 0.3) is 5.91 Å². The highest BCUT2D eigenvalue weighted by Crippen LogP contribution is 2.31. The number of nitro groups is 1. The molecule has 110 valence electrons. The molecule has 0 spiro atoms. The molecule has 0 aliphatic rings. The van der Waals surface area contributed by atoms with Gasteiger partial charge in [-0.25, -0.2) is 5.84 Å². The van der Waals surface area contributed by atoms with E-state index in [-0.39, 0.29) is 24.0 Å². The molecule has 3 N–H and O–H groups in total. The number of amides is 1. The van der Waals surface area contributed by atoms with Crippen molar-refractivity contribution < 1.29 is 14.5 Å². The SMILES string of the molecule is Cc1cccc(OCc2ccc(C(=O)NN)s2)c1[N+](=O)[O-]. The number of nitro benzene ring substituents is 1. The van der Waals surface area contributed by atoms with Gasteiger partial charge in [-0.1, -0.05) is 12.1 Å². The Morgan fingerprint density at radius 1 is 1.43 bits per heavy atom. The lowest BCUT2D eigenvalue weighted by Crippen LogP contribution is -2.29. The van der Waals surface area contributed by atoms with Crippen molar-refractivity contribution in [2.75, 3.05) is 0 Å². The Labute approximate surface area is 124 Å². The van der Waals surface area contributed by atoms with Crippen molar-refractivity contribution >= 4 is 22.9 Å². The number of hydrazine groups is 1. The van der Waals surface area contributed by atoms with Crippen LogP contribution in [0.25, 0.3) is 0 Å². The summed E-state index contributed by atoms with van der Waals surface area (Å²) >= 11 is 1.22. The Morgan fingerprint density at radius 3 is 2.86 bits per heavy atom. The highest BCUT2D eigenvalue weighted by molar-refractivity contribution is 7.14. The molecule has 0 saturated heterocycles. The number of para-hydroxylation sites is 1. The second-order valence-corrected chi connectivity index (χ2v) is 5.38. The van der Waals surface area contributed by atoms with E-state index in [4.69, 9.17) is 10.6 Å². The van der Waals surface area contributed by atoms with Crippen LogP contribution in [0.1, 0.15) is 20.1 Å². The van der Waals surface area contributed by atoms with Crippen molar-refractivity contribution in [2.24, 2.45) is 5.84 Å². The topological polar surface area (TPSA) is 107 Å². The minimum atomic E-state index is -0.466. The zero-order valence-electron chi connectivity index (χ0n) is 11.2. The van der Waals surface area contributed by atoms with Crippen LogP contribution >= 0.6 is 11.3 Å². The van der Waals surface area contributed by atoms with Crippen molar-refractivity contribution in [1.29, 1.82) is 0 Å². The van der Waals surface area contributed by atoms with Crippen LogP contribution in [0.4, 0.5) is 5.69 Å². The van der Waals surface area contributed by atoms with Gasteiger partial charge in [0.1, 0.15) is 6.61 Å². The van der Waals surface area contributed by atoms with Crippen LogP contribution in [-0.4, -0.2) is 10.8 Å². The van der Waals surface area contributed by atoms with Gasteiger partial charge in [0, 0.05) is 10.4 Å². The lowest BCUT2D eigenvalue weighted by Gasteiger charge is -2.06. The Kier molecular flexibility index (Phi) is 4.51. The lowest BCUT2D eigenvalue weighted by molar-refractivity contribution is -0.386. The summed E-state index contributed by atoms with van der Waals surface area (Å²) in [6.07, 6.45) is 0. The summed E-state index contributed by atoms with van der Waals surface area (Å²) < 4.78 is 5.50. The first-order chi connectivity index (χ1) is 10.0. The fraction of sp³-hybridized carbons (Fsp3) is 0.154. The summed E-state index contributed by atoms with van der Waals surface area (Å²) in [5, 5.41) is 11.0. The quantitative estimate of drug-likeness (QED) is 0.381. The van der Waals surface area contributed by atoms with Gasteiger partial charge < -0.3 is 4.74 Å². The highest BCUT2D eigenvalue weighted by atomic mass is 32.1. The molecule has 0 aliphatic carbocycles. The van der Waals surface area contributed by atoms with Crippen molar-refractivity contribution in [1.82, 2.24) is 5.43 Å². The summed E-state index contributed by atoms with van der Waals surface area (Å²) in [6, 6.07) is 8.23. The van der Waals surface area contributed by atoms with E-state index < -0.39 is 4.92 Å². The van der Waals surface area contributed by atoms with Gasteiger partial charge in [-0.2, -0.15) is 0 Å². The predicted octanol–water partition coefficient (Wildman–Crippen LogP) is 2.15. The molecule has 0 unspecified atom stereocenters. The largest absolute Gasteiger partial charge is 0.481 e. The summed E-state index contributed by atoms with van der Waals surface area (Å²) in [5.74, 6) is 4.87. The average Bonchev–Trinajstić information content (AvgIpc) is 2.92. The van der Waals surface area contributed by atoms with Crippen LogP contribution in [0.2, 0.25) is 0 Å². The minimum Gasteiger partial charge on any atom is -0.481 e. The van der Waals surface area contributed by atoms with Gasteiger partial charge in [0.2, 0.25) is 0 Å². The average molecular weight is 307 g/mol. The smallest absolute Gasteiger partial charge is 0.313 e. The van der Waals surface area contributed by atoms with Crippen molar-refractivity contribution in [2.45, 2.75) is 13.5 Å². The first kappa shape index (κ1) is 14.9. The van der Waals surface area contributed by atoms with E-state index in [1.165, 1.54) is 11.3 Å². The summed E-state index contributed by atoms with van der Waals surface area (Å²) in [4.78, 5) is 23.1. The van der Waals surface area contributed by atoms with Gasteiger partial charge in [-0.3, -0.25) is 20.3 Å². The van der Waals surface area contributed by atoms with Crippen molar-refractivity contribution in [3.05, 3.63) is 55.8 Å². The van der Waals surface area contributed by atoms with Crippen molar-refractivity contribution in [3.63, 3.8) is 0 Å². The zero-order valence-corrected chi connectivity index (χ0v) is 12.0. The maximum absolute atomic E-state index is 11.3. The summed E-state index contributed by atoms with van der Waals surface area (Å²) in [7, 11) is 0. The van der Waals surface area contributed by atoms with Gasteiger partial charge >= 0.3 is 5.69 Å². The van der Waals surface area contributed by atoms with Gasteiger partial charge in [0.15, 0.2) is 5.75 Å². The van der Waals surface area contributed by atoms with Crippen LogP contribution in [0.3, 0.4) is 0 Å². The fourth-order valence-electron chi connectivity index (χ4n) is 1.78. The molecular formula is C13H13N3O4S. The third kappa shape index (κ3) is 3.36. The molecule has 0 bridgehead atoms. The Bertz CT molecular complexity index is 684. The maximum atomic E-state index is 11.3. The number of nitrogens with one attached hydrogen (secondary N) is 1. The number of hydrogen-bond acceptors (Lipinski definition) is 6. The number of rotatable bonds is 5. The fourth-order valence-corrected chi connectivity index (χ4v) is 2.60. The van der Waals surface area contributed by atoms with Gasteiger partial charge in [0.05, 0.1) is 9.80 Å². The molecule has 1 aromatic carbocycles. The van der Waals surface area contributed by atoms with Crippen molar-refractivity contribution in [3.8, 4) is 5.75 Å². The zero-order chi connectivity index (χ0) is 15.4. The van der Waals surface area contributed by atoms with E-state index in [1.807, 2.05) is 5.43 Å². The molecule has 1 amide bonds. The molecule has 0 aliphatic heterocycles. The highest BCUT2D eigenvalue weighted by Gasteiger charge is 2.18. The predicted molar refractivity (Wildman–Crippen MR) is 78.1 cm³/mol. The second kappa shape index (κ2) is 6.33. The molecule has 8 heteroatoms. The molecule has 0 fully saturated rings. The third-order valence-electron chi connectivity index (χ3n) is 2.77. The summed E-state index contributed by atoms with van der Waals surface area (Å²) in [6.45, 7) is 1.80. The Balaban J connectivity index is 2.13. The molecule has 7 nitrogen and oxygen atoms in total. The Hall–Kier alpha value is -2.45. The van der Waals surface area contributed by atoms with Crippen LogP contribution < -0.4 is 16.0 Å². The number of hydrogen-bond donors (Lipinski definition) is 2. The van der Waals surface area contributed by atoms with Crippen LogP contribution in [0, 0.1) is 17.0 Å². The number of aryl methyl sites for hydroxylation is 1. The number of nitrogens with two attached hydrogens (primary N) is 1. The maximum Gasteiger partial charge on any atom is 0.313 e. The third-order valence-corrected chi connectivity index (χ3v) is 3.83. The molecule has 1 aromatic heterocycles. The number of carbonyl (C=O) groups excluding carboxylic acids is 1. The van der Waals surface area contributed by atoms with Gasteiger partial charge in [-0.05, 0) is 25.1 Å². The second-order valence-electron chi connectivity index (χ2n) is 4.21. The molecular weight excluding hydrogens is 294 g/mol. The first-order valence-corrected chi connectivity index (χ1v) is 6.81. The first-order valence-electron chi connectivity index (χ1n) is 5.99. The van der Waals surface area contributed by atoms with E-state index in [0.29, 0.717) is 10.4 Å².